The van der Waals surface area contributed by atoms with Crippen LogP contribution in [-0.4, -0.2) is 6.88 Å². The number of aryl methyl sites for hydroxylation is 2. The van der Waals surface area contributed by atoms with Crippen LogP contribution < -0.4 is 0 Å². The van der Waals surface area contributed by atoms with Gasteiger partial charge in [-0.1, -0.05) is 0 Å². The molecule has 0 nitrogen and oxygen atoms in total. The van der Waals surface area contributed by atoms with Crippen LogP contribution in [0.25, 0.3) is 34.4 Å². The molecule has 4 aromatic rings. The smallest absolute Gasteiger partial charge is 0.147 e. The van der Waals surface area contributed by atoms with Gasteiger partial charge in [0.2, 0.25) is 0 Å². The average molecular weight is 841 g/mol. The topological polar surface area (TPSA) is 0 Å². The molecule has 0 N–H and O–H groups in total. The van der Waals surface area contributed by atoms with Crippen LogP contribution in [0.5, 0.6) is 0 Å². The van der Waals surface area contributed by atoms with E-state index in [2.05, 4.69) is 129 Å². The van der Waals surface area contributed by atoms with Gasteiger partial charge in [-0.15, -0.1) is 24.8 Å². The van der Waals surface area contributed by atoms with Gasteiger partial charge in [0.15, 0.2) is 0 Å². The van der Waals surface area contributed by atoms with E-state index in [-0.39, 0.29) is 24.8 Å². The maximum atomic E-state index is 2.81. The molecule has 0 amide bonds. The summed E-state index contributed by atoms with van der Waals surface area (Å²) in [7, 11) is 0. The minimum Gasteiger partial charge on any atom is -0.147 e. The van der Waals surface area contributed by atoms with Crippen molar-refractivity contribution in [2.45, 2.75) is 127 Å². The van der Waals surface area contributed by atoms with Gasteiger partial charge in [0.25, 0.3) is 0 Å². The molecule has 53 heavy (non-hydrogen) atoms. The van der Waals surface area contributed by atoms with E-state index in [9.17, 15) is 0 Å². The van der Waals surface area contributed by atoms with Crippen molar-refractivity contribution < 1.29 is 17.4 Å². The summed E-state index contributed by atoms with van der Waals surface area (Å²) in [6.07, 6.45) is 20.2. The van der Waals surface area contributed by atoms with Gasteiger partial charge in [0.05, 0.1) is 0 Å². The molecule has 280 valence electrons. The van der Waals surface area contributed by atoms with Crippen LogP contribution in [0.2, 0.25) is 9.26 Å². The Hall–Kier alpha value is -1.96. The molecule has 2 atom stereocenters. The van der Waals surface area contributed by atoms with E-state index in [1.54, 1.807) is 33.4 Å². The zero-order valence-corrected chi connectivity index (χ0v) is 38.7. The molecule has 2 saturated carbocycles. The fourth-order valence-corrected chi connectivity index (χ4v) is 32.2. The number of benzene rings is 4. The molecule has 2 unspecified atom stereocenters. The third kappa shape index (κ3) is 7.51. The third-order valence-corrected chi connectivity index (χ3v) is 31.5. The molecule has 8 rings (SSSR count). The Balaban J connectivity index is 0.00000240. The molecular formula is C49H62Cl2SiZr. The Morgan fingerprint density at radius 2 is 0.981 bits per heavy atom. The first-order valence-electron chi connectivity index (χ1n) is 20.5. The summed E-state index contributed by atoms with van der Waals surface area (Å²) in [6.45, 7) is 12.0. The Labute approximate surface area is 336 Å². The standard InChI is InChI=1S/C24H27.C23H25.2CH3.2ClH.H2Si.Zr/c1-3-18-15-22-13-17(2)14-23(24(22)16-18)21-11-9-20(10-12-21)19-7-5-4-6-8-19;1-16-12-21-13-17(2)15-23(21)22(14-16)20-10-8-19(9-11-20)18-6-4-3-5-7-18;;;;;;/h9-16,19H,3-8H2,1-2H3;8-15,18H,3-7H2,1-2H3;2*1H3;2*1H;1H2;. The van der Waals surface area contributed by atoms with E-state index in [0.29, 0.717) is 7.25 Å². The van der Waals surface area contributed by atoms with Gasteiger partial charge in [0, 0.05) is 0 Å². The summed E-state index contributed by atoms with van der Waals surface area (Å²) < 4.78 is 6.69. The van der Waals surface area contributed by atoms with Gasteiger partial charge in [0.1, 0.15) is 0 Å². The quantitative estimate of drug-likeness (QED) is 0.163. The van der Waals surface area contributed by atoms with Crippen molar-refractivity contribution in [1.82, 2.24) is 0 Å². The number of fused-ring (bicyclic) bond motifs is 2. The summed E-state index contributed by atoms with van der Waals surface area (Å²) in [4.78, 5) is 0. The van der Waals surface area contributed by atoms with Crippen molar-refractivity contribution in [1.29, 1.82) is 0 Å². The van der Waals surface area contributed by atoms with Crippen molar-refractivity contribution in [3.63, 3.8) is 0 Å². The van der Waals surface area contributed by atoms with Crippen LogP contribution in [0.4, 0.5) is 0 Å². The normalized spacial score (nSPS) is 20.5. The second-order valence-electron chi connectivity index (χ2n) is 18.3. The monoisotopic (exact) mass is 838 g/mol. The van der Waals surface area contributed by atoms with Crippen molar-refractivity contribution in [2.24, 2.45) is 0 Å². The van der Waals surface area contributed by atoms with E-state index in [4.69, 9.17) is 0 Å². The Bertz CT molecular complexity index is 2100. The summed E-state index contributed by atoms with van der Waals surface area (Å²) in [5.41, 5.74) is 21.0. The molecule has 4 heteroatoms. The minimum absolute atomic E-state index is 0. The van der Waals surface area contributed by atoms with Crippen LogP contribution in [0.1, 0.15) is 148 Å². The first-order chi connectivity index (χ1) is 24.5. The van der Waals surface area contributed by atoms with Gasteiger partial charge >= 0.3 is 314 Å². The molecule has 0 bridgehead atoms. The van der Waals surface area contributed by atoms with Crippen molar-refractivity contribution in [3.05, 3.63) is 128 Å². The van der Waals surface area contributed by atoms with E-state index in [1.807, 2.05) is 0 Å². The Kier molecular flexibility index (Phi) is 12.2. The molecule has 0 radical (unpaired) electrons. The number of hydrogen-bond acceptors (Lipinski definition) is 0. The van der Waals surface area contributed by atoms with Gasteiger partial charge in [-0.05, 0) is 0 Å². The molecule has 4 aliphatic rings. The molecular weight excluding hydrogens is 779 g/mol. The van der Waals surface area contributed by atoms with Crippen LogP contribution >= 0.6 is 24.8 Å². The summed E-state index contributed by atoms with van der Waals surface area (Å²) in [5.74, 6) is 1.50. The second-order valence-corrected chi connectivity index (χ2v) is 48.8. The zero-order chi connectivity index (χ0) is 35.5. The summed E-state index contributed by atoms with van der Waals surface area (Å²) in [5, 5.41) is 0. The molecule has 0 heterocycles. The van der Waals surface area contributed by atoms with Crippen molar-refractivity contribution in [3.8, 4) is 22.3 Å². The maximum Gasteiger partial charge on any atom is -0.147 e. The third-order valence-electron chi connectivity index (χ3n) is 13.8. The van der Waals surface area contributed by atoms with Crippen LogP contribution in [0.3, 0.4) is 0 Å². The summed E-state index contributed by atoms with van der Waals surface area (Å²) >= 11 is -3.68. The molecule has 0 aromatic heterocycles. The molecule has 4 aromatic carbocycles. The predicted molar refractivity (Wildman–Crippen MR) is 237 cm³/mol. The Morgan fingerprint density at radius 1 is 0.566 bits per heavy atom. The van der Waals surface area contributed by atoms with Gasteiger partial charge in [-0.3, -0.25) is 0 Å². The van der Waals surface area contributed by atoms with Gasteiger partial charge in [-0.2, -0.15) is 0 Å². The van der Waals surface area contributed by atoms with Crippen LogP contribution in [0, 0.1) is 13.8 Å². The van der Waals surface area contributed by atoms with E-state index < -0.39 is 17.4 Å². The van der Waals surface area contributed by atoms with Crippen LogP contribution in [-0.2, 0) is 17.4 Å². The average Bonchev–Trinajstić information content (AvgIpc) is 3.70. The zero-order valence-electron chi connectivity index (χ0n) is 33.2. The van der Waals surface area contributed by atoms with Crippen molar-refractivity contribution >= 4 is 43.8 Å². The first-order valence-corrected chi connectivity index (χ1v) is 34.1. The summed E-state index contributed by atoms with van der Waals surface area (Å²) in [6, 6.07) is 29.6. The fourth-order valence-electron chi connectivity index (χ4n) is 11.5. The molecule has 0 aliphatic heterocycles. The number of halogens is 2. The van der Waals surface area contributed by atoms with Crippen molar-refractivity contribution in [2.75, 3.05) is 0 Å². The van der Waals surface area contributed by atoms with E-state index >= 15 is 0 Å². The van der Waals surface area contributed by atoms with Gasteiger partial charge in [-0.25, -0.2) is 0 Å². The first kappa shape index (κ1) is 40.7. The van der Waals surface area contributed by atoms with Crippen LogP contribution in [0.15, 0.2) is 83.9 Å². The molecule has 0 spiro atoms. The van der Waals surface area contributed by atoms with E-state index in [1.165, 1.54) is 109 Å². The molecule has 2 fully saturated rings. The number of hydrogen-bond donors (Lipinski definition) is 0. The second kappa shape index (κ2) is 15.9. The molecule has 4 aliphatic carbocycles. The number of rotatable bonds is 7. The largest absolute Gasteiger partial charge is 0.147 e. The fraction of sp³-hybridized carbons (Fsp3) is 0.429. The van der Waals surface area contributed by atoms with Gasteiger partial charge < -0.3 is 0 Å². The van der Waals surface area contributed by atoms with E-state index in [0.717, 1.165) is 18.3 Å². The SMILES string of the molecule is CCC1=Cc2c(-c3ccc(C4CCCCC4)cc3)cc(C)cc2[CH]1[Zr]([CH3])([CH3])(=[SiH2])[CH]1C(C)=Cc2c(-c3ccc(C4CCCCC4)cc3)cc(C)cc21.Cl.Cl. The Morgan fingerprint density at radius 3 is 1.42 bits per heavy atom. The molecule has 0 saturated heterocycles. The predicted octanol–water partition coefficient (Wildman–Crippen LogP) is 14.9. The maximum absolute atomic E-state index is 3.68. The minimum atomic E-state index is -3.68. The number of allylic oxidation sites excluding steroid dienone is 2.